The van der Waals surface area contributed by atoms with E-state index in [0.29, 0.717) is 18.0 Å². The highest BCUT2D eigenvalue weighted by Crippen LogP contribution is 2.30. The van der Waals surface area contributed by atoms with E-state index in [4.69, 9.17) is 0 Å². The molecule has 3 N–H and O–H groups in total. The number of hydrogen-bond acceptors (Lipinski definition) is 4. The third-order valence-electron chi connectivity index (χ3n) is 6.15. The summed E-state index contributed by atoms with van der Waals surface area (Å²) < 4.78 is 44.6. The second-order valence-corrected chi connectivity index (χ2v) is 11.7. The Morgan fingerprint density at radius 2 is 1.86 bits per heavy atom. The number of aryl methyl sites for hydroxylation is 1. The maximum absolute atomic E-state index is 13.4. The minimum absolute atomic E-state index is 0.0220. The van der Waals surface area contributed by atoms with Crippen LogP contribution in [-0.4, -0.2) is 32.9 Å². The van der Waals surface area contributed by atoms with Gasteiger partial charge < -0.3 is 10.6 Å². The van der Waals surface area contributed by atoms with Crippen LogP contribution in [0.2, 0.25) is 0 Å². The van der Waals surface area contributed by atoms with Crippen molar-refractivity contribution in [1.29, 1.82) is 0 Å². The predicted octanol–water partition coefficient (Wildman–Crippen LogP) is 4.42. The van der Waals surface area contributed by atoms with Crippen molar-refractivity contribution in [2.75, 3.05) is 18.4 Å². The average molecular weight is 532 g/mol. The number of unbranched alkanes of at least 4 members (excludes halogenated alkanes) is 1. The van der Waals surface area contributed by atoms with Crippen molar-refractivity contribution in [3.8, 4) is 0 Å². The number of nitrogens with zero attached hydrogens (tertiary/aromatic N) is 2. The number of nitrogens with one attached hydrogen (secondary N) is 3. The Morgan fingerprint density at radius 3 is 2.56 bits per heavy atom. The largest absolute Gasteiger partial charge is 0.370 e. The van der Waals surface area contributed by atoms with E-state index in [1.807, 2.05) is 23.0 Å². The molecule has 2 heterocycles. The summed E-state index contributed by atoms with van der Waals surface area (Å²) in [6.45, 7) is 4.14. The number of anilines is 1. The number of alkyl halides is 2. The highest BCUT2D eigenvalue weighted by molar-refractivity contribution is 7.98. The summed E-state index contributed by atoms with van der Waals surface area (Å²) in [7, 11) is -0.0427. The van der Waals surface area contributed by atoms with Crippen LogP contribution in [0.3, 0.4) is 0 Å². The molecule has 3 atom stereocenters. The third kappa shape index (κ3) is 5.97. The fraction of sp³-hybridized carbons (Fsp3) is 0.308. The number of halogens is 2. The van der Waals surface area contributed by atoms with Gasteiger partial charge in [0.2, 0.25) is 0 Å². The van der Waals surface area contributed by atoms with Crippen LogP contribution in [0, 0.1) is 6.92 Å². The van der Waals surface area contributed by atoms with Crippen molar-refractivity contribution in [2.24, 2.45) is 0 Å². The molecule has 3 aromatic rings. The lowest BCUT2D eigenvalue weighted by atomic mass is 10.00. The number of fused-ring (bicyclic) bond motifs is 1. The molecule has 1 aliphatic heterocycles. The van der Waals surface area contributed by atoms with Gasteiger partial charge in [0.1, 0.15) is 11.6 Å². The fourth-order valence-corrected chi connectivity index (χ4v) is 5.59. The highest BCUT2D eigenvalue weighted by atomic mass is 32.2. The van der Waals surface area contributed by atoms with Gasteiger partial charge in [-0.1, -0.05) is 45.6 Å². The van der Waals surface area contributed by atoms with E-state index in [9.17, 15) is 13.0 Å². The zero-order valence-electron chi connectivity index (χ0n) is 20.4. The summed E-state index contributed by atoms with van der Waals surface area (Å²) in [6.07, 6.45) is 5.54. The van der Waals surface area contributed by atoms with Gasteiger partial charge in [-0.05, 0) is 55.0 Å². The lowest BCUT2D eigenvalue weighted by Gasteiger charge is -2.27. The smallest absolute Gasteiger partial charge is 0.270 e. The van der Waals surface area contributed by atoms with E-state index < -0.39 is 15.6 Å². The van der Waals surface area contributed by atoms with Gasteiger partial charge in [0, 0.05) is 35.8 Å². The van der Waals surface area contributed by atoms with Gasteiger partial charge in [0.05, 0.1) is 21.9 Å². The second kappa shape index (κ2) is 10.7. The lowest BCUT2D eigenvalue weighted by Crippen LogP contribution is -2.29. The van der Waals surface area contributed by atoms with Gasteiger partial charge in [0.25, 0.3) is 5.92 Å². The highest BCUT2D eigenvalue weighted by Gasteiger charge is 2.25. The molecular weight excluding hydrogens is 499 g/mol. The monoisotopic (exact) mass is 531 g/mol. The van der Waals surface area contributed by atoms with Gasteiger partial charge >= 0.3 is 0 Å². The predicted molar refractivity (Wildman–Crippen MR) is 148 cm³/mol. The Balaban J connectivity index is 1.32. The maximum Gasteiger partial charge on any atom is 0.270 e. The molecule has 0 saturated carbocycles. The molecular formula is C26H32F2N5OPS. The van der Waals surface area contributed by atoms with Gasteiger partial charge in [0.15, 0.2) is 0 Å². The van der Waals surface area contributed by atoms with Gasteiger partial charge in [-0.2, -0.15) is 5.10 Å². The molecule has 192 valence electrons. The summed E-state index contributed by atoms with van der Waals surface area (Å²) in [5, 5.41) is 12.5. The van der Waals surface area contributed by atoms with E-state index in [0.717, 1.165) is 36.7 Å². The Morgan fingerprint density at radius 1 is 1.17 bits per heavy atom. The Hall–Kier alpha value is -2.74. The lowest BCUT2D eigenvalue weighted by molar-refractivity contribution is 0.0174. The Kier molecular flexibility index (Phi) is 7.83. The minimum atomic E-state index is -2.93. The Labute approximate surface area is 213 Å². The van der Waals surface area contributed by atoms with Crippen molar-refractivity contribution in [1.82, 2.24) is 19.8 Å². The van der Waals surface area contributed by atoms with Gasteiger partial charge in [-0.25, -0.2) is 22.4 Å². The number of rotatable bonds is 10. The van der Waals surface area contributed by atoms with Crippen molar-refractivity contribution in [2.45, 2.75) is 43.5 Å². The molecule has 3 unspecified atom stereocenters. The number of benzene rings is 2. The van der Waals surface area contributed by atoms with Crippen molar-refractivity contribution in [3.63, 3.8) is 0 Å². The van der Waals surface area contributed by atoms with E-state index >= 15 is 0 Å². The van der Waals surface area contributed by atoms with Gasteiger partial charge in [-0.15, -0.1) is 0 Å². The molecule has 1 aliphatic rings. The summed E-state index contributed by atoms with van der Waals surface area (Å²) in [5.74, 6) is 2.69. The average Bonchev–Trinajstić information content (AvgIpc) is 3.22. The topological polar surface area (TPSA) is 71.0 Å². The molecule has 0 bridgehead atoms. The SMILES string of the molecule is C=S(=O)(NCCCCNC1=CC(c2ccccc2C)Nc2c(P)cnn21)c1ccc(C(C)(F)F)cc1. The van der Waals surface area contributed by atoms with Crippen molar-refractivity contribution >= 4 is 41.8 Å². The first kappa shape index (κ1) is 26.3. The van der Waals surface area contributed by atoms with Crippen LogP contribution in [-0.2, 0) is 15.6 Å². The van der Waals surface area contributed by atoms with Crippen LogP contribution >= 0.6 is 9.24 Å². The standard InChI is InChI=1S/C26H32F2N5OPS/c1-18-8-4-5-9-21(18)22-16-24(33-25(32-22)23(35)17-30-33)29-14-6-7-15-31-36(3,34)20-12-10-19(11-13-20)26(2,27)28/h4-5,8-13,16-17,22,29,32H,3,6-7,14-15,35H2,1-2H3,(H,31,34). The van der Waals surface area contributed by atoms with E-state index in [-0.39, 0.29) is 11.6 Å². The van der Waals surface area contributed by atoms with E-state index in [1.54, 1.807) is 0 Å². The maximum atomic E-state index is 13.4. The molecule has 36 heavy (non-hydrogen) atoms. The van der Waals surface area contributed by atoms with Crippen molar-refractivity contribution in [3.05, 3.63) is 77.5 Å². The van der Waals surface area contributed by atoms with Crippen LogP contribution in [0.1, 0.15) is 42.5 Å². The van der Waals surface area contributed by atoms with Crippen LogP contribution in [0.4, 0.5) is 14.6 Å². The number of aromatic nitrogens is 2. The molecule has 0 aliphatic carbocycles. The molecule has 1 aromatic heterocycles. The number of hydrogen-bond donors (Lipinski definition) is 3. The summed E-state index contributed by atoms with van der Waals surface area (Å²) in [5.41, 5.74) is 2.31. The Bertz CT molecular complexity index is 1350. The molecule has 0 fully saturated rings. The molecule has 10 heteroatoms. The van der Waals surface area contributed by atoms with E-state index in [2.05, 4.69) is 60.7 Å². The van der Waals surface area contributed by atoms with Gasteiger partial charge in [-0.3, -0.25) is 0 Å². The van der Waals surface area contributed by atoms with E-state index in [1.165, 1.54) is 35.4 Å². The third-order valence-corrected chi connectivity index (χ3v) is 8.28. The zero-order valence-corrected chi connectivity index (χ0v) is 22.4. The van der Waals surface area contributed by atoms with Crippen LogP contribution < -0.4 is 20.7 Å². The normalized spacial score (nSPS) is 17.0. The molecule has 0 saturated heterocycles. The first-order chi connectivity index (χ1) is 17.1. The molecule has 0 spiro atoms. The molecule has 6 nitrogen and oxygen atoms in total. The first-order valence-electron chi connectivity index (χ1n) is 11.8. The summed E-state index contributed by atoms with van der Waals surface area (Å²) in [6, 6.07) is 13.8. The summed E-state index contributed by atoms with van der Waals surface area (Å²) in [4.78, 5) is 0.412. The fourth-order valence-electron chi connectivity index (χ4n) is 4.10. The van der Waals surface area contributed by atoms with Crippen molar-refractivity contribution < 1.29 is 13.0 Å². The van der Waals surface area contributed by atoms with Crippen LogP contribution in [0.5, 0.6) is 0 Å². The molecule has 0 radical (unpaired) electrons. The minimum Gasteiger partial charge on any atom is -0.370 e. The summed E-state index contributed by atoms with van der Waals surface area (Å²) >= 11 is 0. The quantitative estimate of drug-likeness (QED) is 0.206. The van der Waals surface area contributed by atoms with Crippen LogP contribution in [0.15, 0.2) is 65.7 Å². The first-order valence-corrected chi connectivity index (χ1v) is 14.1. The molecule has 2 aromatic carbocycles. The molecule has 4 rings (SSSR count). The second-order valence-electron chi connectivity index (χ2n) is 9.01. The molecule has 0 amide bonds. The van der Waals surface area contributed by atoms with Crippen LogP contribution in [0.25, 0.3) is 5.82 Å². The zero-order chi connectivity index (χ0) is 25.9.